The van der Waals surface area contributed by atoms with Crippen LogP contribution >= 0.6 is 0 Å². The largest absolute Gasteiger partial charge is 0.370 e. The van der Waals surface area contributed by atoms with Crippen molar-refractivity contribution in [3.63, 3.8) is 0 Å². The quantitative estimate of drug-likeness (QED) is 0.841. The molecule has 2 aliphatic rings. The minimum Gasteiger partial charge on any atom is -0.370 e. The first-order chi connectivity index (χ1) is 8.28. The number of hydrogen-bond acceptors (Lipinski definition) is 3. The molecule has 2 fully saturated rings. The highest BCUT2D eigenvalue weighted by molar-refractivity contribution is 5.45. The van der Waals surface area contributed by atoms with Gasteiger partial charge >= 0.3 is 0 Å². The van der Waals surface area contributed by atoms with Crippen LogP contribution in [0.1, 0.15) is 18.5 Å². The number of aryl methyl sites for hydroxylation is 1. The van der Waals surface area contributed by atoms with Gasteiger partial charge in [-0.25, -0.2) is 0 Å². The van der Waals surface area contributed by atoms with E-state index in [4.69, 9.17) is 0 Å². The highest BCUT2D eigenvalue weighted by atomic mass is 15.2. The van der Waals surface area contributed by atoms with Crippen molar-refractivity contribution in [2.24, 2.45) is 11.8 Å². The molecule has 2 heterocycles. The van der Waals surface area contributed by atoms with E-state index in [0.717, 1.165) is 23.6 Å². The maximum atomic E-state index is 4.41. The predicted molar refractivity (Wildman–Crippen MR) is 70.2 cm³/mol. The molecule has 1 saturated carbocycles. The fraction of sp³-hybridized carbons (Fsp3) is 0.643. The van der Waals surface area contributed by atoms with E-state index in [0.29, 0.717) is 0 Å². The Labute approximate surface area is 103 Å². The van der Waals surface area contributed by atoms with Gasteiger partial charge in [-0.1, -0.05) is 0 Å². The Balaban J connectivity index is 1.77. The molecule has 1 N–H and O–H groups in total. The molecule has 1 aromatic rings. The second-order valence-corrected chi connectivity index (χ2v) is 5.47. The van der Waals surface area contributed by atoms with Crippen molar-refractivity contribution in [2.75, 3.05) is 25.0 Å². The van der Waals surface area contributed by atoms with Crippen molar-refractivity contribution >= 4 is 5.69 Å². The minimum absolute atomic E-state index is 0.740. The summed E-state index contributed by atoms with van der Waals surface area (Å²) in [6.07, 6.45) is 4.78. The van der Waals surface area contributed by atoms with Crippen LogP contribution in [0, 0.1) is 18.8 Å². The van der Waals surface area contributed by atoms with Crippen LogP contribution in [-0.4, -0.2) is 31.2 Å². The van der Waals surface area contributed by atoms with Crippen molar-refractivity contribution < 1.29 is 0 Å². The number of anilines is 1. The SMILES string of the molecule is CNC1C2CCC1CN(c1ccc(C)nc1)C2. The lowest BCUT2D eigenvalue weighted by Gasteiger charge is -2.39. The van der Waals surface area contributed by atoms with Crippen LogP contribution in [0.25, 0.3) is 0 Å². The van der Waals surface area contributed by atoms with E-state index >= 15 is 0 Å². The predicted octanol–water partition coefficient (Wildman–Crippen LogP) is 1.82. The number of hydrogen-bond donors (Lipinski definition) is 1. The number of pyridine rings is 1. The van der Waals surface area contributed by atoms with Gasteiger partial charge in [-0.15, -0.1) is 0 Å². The second kappa shape index (κ2) is 4.30. The van der Waals surface area contributed by atoms with Crippen LogP contribution in [0.3, 0.4) is 0 Å². The number of aromatic nitrogens is 1. The van der Waals surface area contributed by atoms with Crippen molar-refractivity contribution in [1.29, 1.82) is 0 Å². The van der Waals surface area contributed by atoms with Gasteiger partial charge in [-0.3, -0.25) is 4.98 Å². The molecule has 1 saturated heterocycles. The average Bonchev–Trinajstić information content (AvgIpc) is 2.59. The van der Waals surface area contributed by atoms with Gasteiger partial charge < -0.3 is 10.2 Å². The first-order valence-electron chi connectivity index (χ1n) is 6.63. The number of rotatable bonds is 2. The van der Waals surface area contributed by atoms with E-state index in [1.807, 2.05) is 13.1 Å². The van der Waals surface area contributed by atoms with Gasteiger partial charge in [-0.05, 0) is 50.8 Å². The number of nitrogens with one attached hydrogen (secondary N) is 1. The zero-order chi connectivity index (χ0) is 11.8. The molecular weight excluding hydrogens is 210 g/mol. The Kier molecular flexibility index (Phi) is 2.79. The van der Waals surface area contributed by atoms with Crippen LogP contribution in [0.4, 0.5) is 5.69 Å². The molecule has 3 rings (SSSR count). The standard InChI is InChI=1S/C14H21N3/c1-10-3-6-13(7-16-10)17-8-11-4-5-12(9-17)14(11)15-2/h3,6-7,11-12,14-15H,4-5,8-9H2,1-2H3. The Hall–Kier alpha value is -1.09. The summed E-state index contributed by atoms with van der Waals surface area (Å²) in [5, 5.41) is 3.50. The molecule has 2 unspecified atom stereocenters. The lowest BCUT2D eigenvalue weighted by Crippen LogP contribution is -2.50. The highest BCUT2D eigenvalue weighted by Crippen LogP contribution is 2.38. The summed E-state index contributed by atoms with van der Waals surface area (Å²) in [6.45, 7) is 4.42. The van der Waals surface area contributed by atoms with Crippen molar-refractivity contribution in [3.8, 4) is 0 Å². The molecule has 0 amide bonds. The zero-order valence-electron chi connectivity index (χ0n) is 10.7. The van der Waals surface area contributed by atoms with E-state index in [-0.39, 0.29) is 0 Å². The van der Waals surface area contributed by atoms with Crippen LogP contribution in [0.2, 0.25) is 0 Å². The van der Waals surface area contributed by atoms with Gasteiger partial charge in [0.05, 0.1) is 11.9 Å². The summed E-state index contributed by atoms with van der Waals surface area (Å²) in [6, 6.07) is 5.06. The molecule has 1 aliphatic carbocycles. The Morgan fingerprint density at radius 2 is 1.94 bits per heavy atom. The number of piperidine rings is 1. The van der Waals surface area contributed by atoms with Crippen LogP contribution in [-0.2, 0) is 0 Å². The molecule has 17 heavy (non-hydrogen) atoms. The van der Waals surface area contributed by atoms with Crippen molar-refractivity contribution in [2.45, 2.75) is 25.8 Å². The Bertz CT molecular complexity index is 373. The summed E-state index contributed by atoms with van der Waals surface area (Å²) in [5.41, 5.74) is 2.39. The molecule has 2 bridgehead atoms. The third kappa shape index (κ3) is 1.93. The lowest BCUT2D eigenvalue weighted by atomic mass is 9.92. The van der Waals surface area contributed by atoms with Gasteiger partial charge in [0.2, 0.25) is 0 Å². The third-order valence-electron chi connectivity index (χ3n) is 4.43. The molecule has 92 valence electrons. The van der Waals surface area contributed by atoms with Gasteiger partial charge in [0, 0.05) is 24.8 Å². The fourth-order valence-electron chi connectivity index (χ4n) is 3.55. The van der Waals surface area contributed by atoms with Crippen LogP contribution in [0.15, 0.2) is 18.3 Å². The van der Waals surface area contributed by atoms with Gasteiger partial charge in [0.1, 0.15) is 0 Å². The molecule has 2 atom stereocenters. The summed E-state index contributed by atoms with van der Waals surface area (Å²) < 4.78 is 0. The molecule has 0 spiro atoms. The molecule has 3 heteroatoms. The van der Waals surface area contributed by atoms with E-state index in [2.05, 4.69) is 34.4 Å². The number of nitrogens with zero attached hydrogens (tertiary/aromatic N) is 2. The summed E-state index contributed by atoms with van der Waals surface area (Å²) in [4.78, 5) is 6.92. The molecule has 0 aromatic carbocycles. The normalized spacial score (nSPS) is 31.9. The highest BCUT2D eigenvalue weighted by Gasteiger charge is 2.41. The molecule has 3 nitrogen and oxygen atoms in total. The van der Waals surface area contributed by atoms with E-state index in [1.54, 1.807) is 0 Å². The maximum Gasteiger partial charge on any atom is 0.0553 e. The van der Waals surface area contributed by atoms with Crippen LogP contribution in [0.5, 0.6) is 0 Å². The Morgan fingerprint density at radius 1 is 1.24 bits per heavy atom. The monoisotopic (exact) mass is 231 g/mol. The second-order valence-electron chi connectivity index (χ2n) is 5.47. The maximum absolute atomic E-state index is 4.41. The summed E-state index contributed by atoms with van der Waals surface area (Å²) in [5.74, 6) is 1.64. The zero-order valence-corrected chi connectivity index (χ0v) is 10.7. The van der Waals surface area contributed by atoms with E-state index in [1.165, 1.54) is 31.6 Å². The van der Waals surface area contributed by atoms with E-state index in [9.17, 15) is 0 Å². The van der Waals surface area contributed by atoms with Crippen LogP contribution < -0.4 is 10.2 Å². The van der Waals surface area contributed by atoms with Crippen molar-refractivity contribution in [3.05, 3.63) is 24.0 Å². The van der Waals surface area contributed by atoms with Gasteiger partial charge in [-0.2, -0.15) is 0 Å². The third-order valence-corrected chi connectivity index (χ3v) is 4.43. The summed E-state index contributed by atoms with van der Waals surface area (Å²) >= 11 is 0. The number of fused-ring (bicyclic) bond motifs is 2. The average molecular weight is 231 g/mol. The molecule has 0 radical (unpaired) electrons. The molecular formula is C14H21N3. The van der Waals surface area contributed by atoms with E-state index < -0.39 is 0 Å². The fourth-order valence-corrected chi connectivity index (χ4v) is 3.55. The van der Waals surface area contributed by atoms with Gasteiger partial charge in [0.15, 0.2) is 0 Å². The van der Waals surface area contributed by atoms with Gasteiger partial charge in [0.25, 0.3) is 0 Å². The molecule has 1 aromatic heterocycles. The van der Waals surface area contributed by atoms with Crippen molar-refractivity contribution in [1.82, 2.24) is 10.3 Å². The Morgan fingerprint density at radius 3 is 2.47 bits per heavy atom. The topological polar surface area (TPSA) is 28.2 Å². The smallest absolute Gasteiger partial charge is 0.0553 e. The minimum atomic E-state index is 0.740. The first kappa shape index (κ1) is 11.0. The first-order valence-corrected chi connectivity index (χ1v) is 6.63. The lowest BCUT2D eigenvalue weighted by molar-refractivity contribution is 0.313. The summed E-state index contributed by atoms with van der Waals surface area (Å²) in [7, 11) is 2.11. The molecule has 1 aliphatic heterocycles.